The summed E-state index contributed by atoms with van der Waals surface area (Å²) in [6.07, 6.45) is 2.88. The third kappa shape index (κ3) is 5.00. The van der Waals surface area contributed by atoms with Gasteiger partial charge in [-0.25, -0.2) is 4.79 Å². The fourth-order valence-corrected chi connectivity index (χ4v) is 2.12. The van der Waals surface area contributed by atoms with Gasteiger partial charge in [-0.15, -0.1) is 0 Å². The zero-order chi connectivity index (χ0) is 16.8. The molecule has 2 aromatic rings. The highest BCUT2D eigenvalue weighted by atomic mass is 79.9. The van der Waals surface area contributed by atoms with Crippen LogP contribution in [-0.2, 0) is 9.53 Å². The number of aromatic nitrogens is 1. The fraction of sp³-hybridized carbons (Fsp3) is 0.125. The lowest BCUT2D eigenvalue weighted by Crippen LogP contribution is -2.21. The molecule has 2 rings (SSSR count). The van der Waals surface area contributed by atoms with Crippen molar-refractivity contribution in [2.75, 3.05) is 11.9 Å². The summed E-state index contributed by atoms with van der Waals surface area (Å²) >= 11 is 3.20. The minimum Gasteiger partial charge on any atom is -0.452 e. The minimum absolute atomic E-state index is 0.102. The Morgan fingerprint density at radius 3 is 2.65 bits per heavy atom. The van der Waals surface area contributed by atoms with E-state index >= 15 is 0 Å². The Bertz CT molecular complexity index is 761. The molecule has 0 fully saturated rings. The first-order valence-corrected chi connectivity index (χ1v) is 7.43. The van der Waals surface area contributed by atoms with Crippen LogP contribution >= 0.6 is 15.9 Å². The van der Waals surface area contributed by atoms with E-state index in [-0.39, 0.29) is 11.3 Å². The number of ketones is 1. The lowest BCUT2D eigenvalue weighted by atomic mass is 10.1. The number of halogens is 1. The number of Topliss-reactive ketones (excluding diaryl/α,β-unsaturated/α-hetero) is 1. The number of nitrogens with zero attached hydrogens (tertiary/aromatic N) is 1. The van der Waals surface area contributed by atoms with Crippen molar-refractivity contribution < 1.29 is 19.1 Å². The van der Waals surface area contributed by atoms with E-state index in [1.54, 1.807) is 30.3 Å². The molecular formula is C16H13BrN2O4. The van der Waals surface area contributed by atoms with Crippen LogP contribution in [0, 0.1) is 0 Å². The summed E-state index contributed by atoms with van der Waals surface area (Å²) < 4.78 is 5.55. The van der Waals surface area contributed by atoms with Gasteiger partial charge in [-0.2, -0.15) is 0 Å². The SMILES string of the molecule is CC(=O)c1cccc(NC(=O)COC(=O)c2cncc(Br)c2)c1. The van der Waals surface area contributed by atoms with E-state index in [2.05, 4.69) is 26.2 Å². The molecule has 118 valence electrons. The van der Waals surface area contributed by atoms with Gasteiger partial charge in [0.25, 0.3) is 5.91 Å². The zero-order valence-electron chi connectivity index (χ0n) is 12.2. The maximum Gasteiger partial charge on any atom is 0.340 e. The van der Waals surface area contributed by atoms with E-state index in [1.165, 1.54) is 19.3 Å². The second kappa shape index (κ2) is 7.64. The molecule has 0 aliphatic rings. The Balaban J connectivity index is 1.91. The number of amides is 1. The predicted molar refractivity (Wildman–Crippen MR) is 87.3 cm³/mol. The molecule has 1 N–H and O–H groups in total. The molecule has 1 aromatic heterocycles. The Hall–Kier alpha value is -2.54. The molecule has 6 nitrogen and oxygen atoms in total. The summed E-state index contributed by atoms with van der Waals surface area (Å²) in [7, 11) is 0. The van der Waals surface area contributed by atoms with Gasteiger partial charge >= 0.3 is 5.97 Å². The molecule has 0 saturated carbocycles. The van der Waals surface area contributed by atoms with Gasteiger partial charge in [-0.3, -0.25) is 14.6 Å². The number of anilines is 1. The van der Waals surface area contributed by atoms with Gasteiger partial charge in [0, 0.05) is 28.1 Å². The Morgan fingerprint density at radius 1 is 1.17 bits per heavy atom. The summed E-state index contributed by atoms with van der Waals surface area (Å²) in [6.45, 7) is 1.00. The smallest absolute Gasteiger partial charge is 0.340 e. The third-order valence-electron chi connectivity index (χ3n) is 2.83. The van der Waals surface area contributed by atoms with Crippen LogP contribution in [0.1, 0.15) is 27.6 Å². The monoisotopic (exact) mass is 376 g/mol. The topological polar surface area (TPSA) is 85.4 Å². The van der Waals surface area contributed by atoms with Crippen LogP contribution in [0.25, 0.3) is 0 Å². The number of hydrogen-bond acceptors (Lipinski definition) is 5. The van der Waals surface area contributed by atoms with E-state index in [0.717, 1.165) is 0 Å². The molecule has 0 saturated heterocycles. The van der Waals surface area contributed by atoms with Crippen molar-refractivity contribution in [2.45, 2.75) is 6.92 Å². The molecule has 0 atom stereocenters. The molecule has 0 bridgehead atoms. The molecule has 0 unspecified atom stereocenters. The van der Waals surface area contributed by atoms with E-state index in [9.17, 15) is 14.4 Å². The van der Waals surface area contributed by atoms with Crippen molar-refractivity contribution >= 4 is 39.3 Å². The highest BCUT2D eigenvalue weighted by Crippen LogP contribution is 2.12. The lowest BCUT2D eigenvalue weighted by Gasteiger charge is -2.07. The van der Waals surface area contributed by atoms with Crippen molar-refractivity contribution in [3.05, 3.63) is 58.3 Å². The second-order valence-electron chi connectivity index (χ2n) is 4.65. The van der Waals surface area contributed by atoms with Crippen LogP contribution < -0.4 is 5.32 Å². The van der Waals surface area contributed by atoms with Crippen LogP contribution in [0.15, 0.2) is 47.2 Å². The molecule has 7 heteroatoms. The molecule has 0 aliphatic heterocycles. The molecule has 1 amide bonds. The predicted octanol–water partition coefficient (Wildman–Crippen LogP) is 2.84. The van der Waals surface area contributed by atoms with Crippen molar-refractivity contribution in [3.63, 3.8) is 0 Å². The van der Waals surface area contributed by atoms with Crippen molar-refractivity contribution in [2.24, 2.45) is 0 Å². The minimum atomic E-state index is -0.647. The number of carbonyl (C=O) groups excluding carboxylic acids is 3. The molecule has 0 radical (unpaired) electrons. The van der Waals surface area contributed by atoms with Crippen molar-refractivity contribution in [3.8, 4) is 0 Å². The summed E-state index contributed by atoms with van der Waals surface area (Å²) in [5.41, 5.74) is 1.19. The summed E-state index contributed by atoms with van der Waals surface area (Å²) in [5.74, 6) is -1.25. The third-order valence-corrected chi connectivity index (χ3v) is 3.26. The van der Waals surface area contributed by atoms with E-state index in [0.29, 0.717) is 15.7 Å². The van der Waals surface area contributed by atoms with Gasteiger partial charge in [-0.1, -0.05) is 12.1 Å². The normalized spacial score (nSPS) is 10.0. The Morgan fingerprint density at radius 2 is 1.96 bits per heavy atom. The molecule has 1 aromatic carbocycles. The Kier molecular flexibility index (Phi) is 5.59. The first-order chi connectivity index (χ1) is 11.0. The van der Waals surface area contributed by atoms with Crippen LogP contribution in [0.4, 0.5) is 5.69 Å². The number of carbonyl (C=O) groups is 3. The molecule has 1 heterocycles. The quantitative estimate of drug-likeness (QED) is 0.640. The average molecular weight is 377 g/mol. The van der Waals surface area contributed by atoms with Crippen LogP contribution in [0.5, 0.6) is 0 Å². The maximum absolute atomic E-state index is 11.8. The number of rotatable bonds is 5. The van der Waals surface area contributed by atoms with Gasteiger partial charge in [0.1, 0.15) is 0 Å². The standard InChI is InChI=1S/C16H13BrN2O4/c1-10(20)11-3-2-4-14(6-11)19-15(21)9-23-16(22)12-5-13(17)8-18-7-12/h2-8H,9H2,1H3,(H,19,21). The van der Waals surface area contributed by atoms with E-state index < -0.39 is 18.5 Å². The van der Waals surface area contributed by atoms with Gasteiger partial charge in [0.2, 0.25) is 0 Å². The van der Waals surface area contributed by atoms with Gasteiger partial charge in [0.05, 0.1) is 5.56 Å². The van der Waals surface area contributed by atoms with Crippen molar-refractivity contribution in [1.82, 2.24) is 4.98 Å². The number of ether oxygens (including phenoxy) is 1. The summed E-state index contributed by atoms with van der Waals surface area (Å²) in [6, 6.07) is 8.05. The highest BCUT2D eigenvalue weighted by Gasteiger charge is 2.11. The van der Waals surface area contributed by atoms with Gasteiger partial charge < -0.3 is 10.1 Å². The highest BCUT2D eigenvalue weighted by molar-refractivity contribution is 9.10. The summed E-state index contributed by atoms with van der Waals surface area (Å²) in [5, 5.41) is 2.56. The number of nitrogens with one attached hydrogen (secondary N) is 1. The largest absolute Gasteiger partial charge is 0.452 e. The average Bonchev–Trinajstić information content (AvgIpc) is 2.53. The molecule has 0 spiro atoms. The summed E-state index contributed by atoms with van der Waals surface area (Å²) in [4.78, 5) is 38.7. The van der Waals surface area contributed by atoms with Crippen molar-refractivity contribution in [1.29, 1.82) is 0 Å². The van der Waals surface area contributed by atoms with Crippen LogP contribution in [0.3, 0.4) is 0 Å². The van der Waals surface area contributed by atoms with Crippen LogP contribution in [-0.4, -0.2) is 29.3 Å². The first-order valence-electron chi connectivity index (χ1n) is 6.64. The molecular weight excluding hydrogens is 364 g/mol. The molecule has 23 heavy (non-hydrogen) atoms. The second-order valence-corrected chi connectivity index (χ2v) is 5.57. The van der Waals surface area contributed by atoms with E-state index in [1.807, 2.05) is 0 Å². The van der Waals surface area contributed by atoms with Gasteiger partial charge in [-0.05, 0) is 41.1 Å². The van der Waals surface area contributed by atoms with Gasteiger partial charge in [0.15, 0.2) is 12.4 Å². The van der Waals surface area contributed by atoms with E-state index in [4.69, 9.17) is 4.74 Å². The maximum atomic E-state index is 11.8. The zero-order valence-corrected chi connectivity index (χ0v) is 13.8. The number of benzene rings is 1. The first kappa shape index (κ1) is 16.8. The fourth-order valence-electron chi connectivity index (χ4n) is 1.75. The lowest BCUT2D eigenvalue weighted by molar-refractivity contribution is -0.119. The number of pyridine rings is 1. The molecule has 0 aliphatic carbocycles. The Labute approximate surface area is 141 Å². The number of hydrogen-bond donors (Lipinski definition) is 1. The number of esters is 1. The van der Waals surface area contributed by atoms with Crippen LogP contribution in [0.2, 0.25) is 0 Å².